The van der Waals surface area contributed by atoms with Gasteiger partial charge in [-0.15, -0.1) is 0 Å². The molecule has 1 aromatic heterocycles. The molecule has 1 rings (SSSR count). The zero-order valence-electron chi connectivity index (χ0n) is 8.06. The summed E-state index contributed by atoms with van der Waals surface area (Å²) in [5.74, 6) is 0. The molecule has 0 spiro atoms. The molecule has 1 aromatic rings. The Labute approximate surface area is 73.4 Å². The lowest BCUT2D eigenvalue weighted by molar-refractivity contribution is -0.771. The standard InChI is InChI=1S/C8H17N4/c1-4-5-7-10(2)12-8-6-9-11(12)3/h6,8H,4-5,7H2,1-3H3/q+1. The molecule has 0 unspecified atom stereocenters. The molecule has 68 valence electrons. The fourth-order valence-corrected chi connectivity index (χ4v) is 1.16. The molecule has 0 N–H and O–H groups in total. The van der Waals surface area contributed by atoms with E-state index in [0.29, 0.717) is 0 Å². The van der Waals surface area contributed by atoms with Crippen molar-refractivity contribution < 1.29 is 4.79 Å². The third-order valence-electron chi connectivity index (χ3n) is 1.92. The molecule has 4 heteroatoms. The Kier molecular flexibility index (Phi) is 3.08. The van der Waals surface area contributed by atoms with Gasteiger partial charge in [0.05, 0.1) is 13.6 Å². The summed E-state index contributed by atoms with van der Waals surface area (Å²) in [6.45, 7) is 3.27. The molecule has 4 nitrogen and oxygen atoms in total. The Hall–Kier alpha value is -1.06. The van der Waals surface area contributed by atoms with Gasteiger partial charge in [0.1, 0.15) is 0 Å². The molecule has 0 saturated heterocycles. The highest BCUT2D eigenvalue weighted by Gasteiger charge is 2.07. The molecule has 0 aromatic carbocycles. The summed E-state index contributed by atoms with van der Waals surface area (Å²) in [6, 6.07) is 0. The zero-order chi connectivity index (χ0) is 8.97. The molecule has 12 heavy (non-hydrogen) atoms. The first-order valence-electron chi connectivity index (χ1n) is 4.37. The molecular formula is C8H17N4+. The molecule has 0 atom stereocenters. The van der Waals surface area contributed by atoms with E-state index in [0.717, 1.165) is 6.54 Å². The first-order chi connectivity index (χ1) is 5.75. The summed E-state index contributed by atoms with van der Waals surface area (Å²) in [6.07, 6.45) is 6.19. The van der Waals surface area contributed by atoms with E-state index in [1.54, 1.807) is 6.20 Å². The number of unbranched alkanes of at least 4 members (excludes halogenated alkanes) is 1. The van der Waals surface area contributed by atoms with Crippen molar-refractivity contribution in [3.63, 3.8) is 0 Å². The van der Waals surface area contributed by atoms with E-state index in [9.17, 15) is 0 Å². The van der Waals surface area contributed by atoms with Crippen LogP contribution in [-0.2, 0) is 7.05 Å². The second-order valence-electron chi connectivity index (χ2n) is 2.96. The fraction of sp³-hybridized carbons (Fsp3) is 0.750. The quantitative estimate of drug-likeness (QED) is 0.596. The van der Waals surface area contributed by atoms with E-state index in [1.165, 1.54) is 12.8 Å². The Morgan fingerprint density at radius 2 is 2.33 bits per heavy atom. The Bertz CT molecular complexity index is 231. The van der Waals surface area contributed by atoms with Gasteiger partial charge in [-0.25, -0.2) is 5.01 Å². The van der Waals surface area contributed by atoms with Crippen molar-refractivity contribution in [1.82, 2.24) is 9.90 Å². The van der Waals surface area contributed by atoms with Crippen LogP contribution in [0, 0.1) is 0 Å². The minimum absolute atomic E-state index is 1.07. The van der Waals surface area contributed by atoms with Crippen LogP contribution in [0.15, 0.2) is 12.4 Å². The van der Waals surface area contributed by atoms with Crippen LogP contribution in [0.2, 0.25) is 0 Å². The average Bonchev–Trinajstić information content (AvgIpc) is 2.47. The predicted octanol–water partition coefficient (Wildman–Crippen LogP) is 0.0755. The highest BCUT2D eigenvalue weighted by atomic mass is 15.7. The Balaban J connectivity index is 2.52. The minimum Gasteiger partial charge on any atom is -0.228 e. The van der Waals surface area contributed by atoms with Gasteiger partial charge in [0.25, 0.3) is 0 Å². The van der Waals surface area contributed by atoms with Gasteiger partial charge in [-0.2, -0.15) is 0 Å². The molecule has 0 aliphatic heterocycles. The second-order valence-corrected chi connectivity index (χ2v) is 2.96. The molecular weight excluding hydrogens is 152 g/mol. The Morgan fingerprint density at radius 1 is 1.58 bits per heavy atom. The summed E-state index contributed by atoms with van der Waals surface area (Å²) >= 11 is 0. The van der Waals surface area contributed by atoms with Crippen molar-refractivity contribution in [2.75, 3.05) is 18.6 Å². The summed E-state index contributed by atoms with van der Waals surface area (Å²) in [5.41, 5.74) is 0. The van der Waals surface area contributed by atoms with Gasteiger partial charge in [0.2, 0.25) is 6.20 Å². The summed E-state index contributed by atoms with van der Waals surface area (Å²) in [4.78, 5) is 3.81. The van der Waals surface area contributed by atoms with Gasteiger partial charge in [0.15, 0.2) is 6.20 Å². The monoisotopic (exact) mass is 169 g/mol. The summed E-state index contributed by atoms with van der Waals surface area (Å²) < 4.78 is 0. The van der Waals surface area contributed by atoms with Gasteiger partial charge in [-0.3, -0.25) is 0 Å². The molecule has 0 fully saturated rings. The maximum atomic E-state index is 4.08. The smallest absolute Gasteiger partial charge is 0.209 e. The molecule has 0 amide bonds. The van der Waals surface area contributed by atoms with Crippen LogP contribution < -0.4 is 9.80 Å². The molecule has 0 radical (unpaired) electrons. The van der Waals surface area contributed by atoms with Gasteiger partial charge in [0, 0.05) is 12.1 Å². The van der Waals surface area contributed by atoms with Crippen LogP contribution in [0.25, 0.3) is 0 Å². The molecule has 1 heterocycles. The van der Waals surface area contributed by atoms with Crippen LogP contribution in [0.1, 0.15) is 19.8 Å². The topological polar surface area (TPSA) is 24.9 Å². The van der Waals surface area contributed by atoms with Gasteiger partial charge >= 0.3 is 0 Å². The van der Waals surface area contributed by atoms with Gasteiger partial charge in [-0.05, 0) is 11.2 Å². The largest absolute Gasteiger partial charge is 0.228 e. The first-order valence-corrected chi connectivity index (χ1v) is 4.37. The van der Waals surface area contributed by atoms with E-state index in [-0.39, 0.29) is 0 Å². The lowest BCUT2D eigenvalue weighted by Crippen LogP contribution is -2.60. The first kappa shape index (κ1) is 9.03. The normalized spacial score (nSPS) is 10.2. The maximum Gasteiger partial charge on any atom is 0.209 e. The number of rotatable bonds is 4. The van der Waals surface area contributed by atoms with Crippen molar-refractivity contribution in [3.8, 4) is 0 Å². The van der Waals surface area contributed by atoms with Crippen LogP contribution in [0.5, 0.6) is 0 Å². The SMILES string of the molecule is CCCCN(C)[n+]1ccnn1C. The predicted molar refractivity (Wildman–Crippen MR) is 47.3 cm³/mol. The van der Waals surface area contributed by atoms with Crippen molar-refractivity contribution in [1.29, 1.82) is 0 Å². The zero-order valence-corrected chi connectivity index (χ0v) is 8.06. The highest BCUT2D eigenvalue weighted by molar-refractivity contribution is 4.61. The fourth-order valence-electron chi connectivity index (χ4n) is 1.16. The molecule has 0 saturated carbocycles. The third-order valence-corrected chi connectivity index (χ3v) is 1.92. The molecule has 0 aliphatic carbocycles. The van der Waals surface area contributed by atoms with Crippen molar-refractivity contribution in [3.05, 3.63) is 12.4 Å². The van der Waals surface area contributed by atoms with Crippen LogP contribution >= 0.6 is 0 Å². The number of aromatic nitrogens is 3. The van der Waals surface area contributed by atoms with Crippen molar-refractivity contribution in [2.45, 2.75) is 19.8 Å². The van der Waals surface area contributed by atoms with Gasteiger partial charge < -0.3 is 0 Å². The maximum absolute atomic E-state index is 4.08. The van der Waals surface area contributed by atoms with E-state index in [1.807, 2.05) is 22.8 Å². The molecule has 0 bridgehead atoms. The minimum atomic E-state index is 1.07. The lowest BCUT2D eigenvalue weighted by Gasteiger charge is -2.13. The van der Waals surface area contributed by atoms with Crippen LogP contribution in [0.3, 0.4) is 0 Å². The number of nitrogens with zero attached hydrogens (tertiary/aromatic N) is 4. The average molecular weight is 169 g/mol. The van der Waals surface area contributed by atoms with E-state index in [4.69, 9.17) is 0 Å². The highest BCUT2D eigenvalue weighted by Crippen LogP contribution is 1.85. The van der Waals surface area contributed by atoms with Crippen LogP contribution in [0.4, 0.5) is 0 Å². The summed E-state index contributed by atoms with van der Waals surface area (Å²) in [5, 5.41) is 6.23. The van der Waals surface area contributed by atoms with E-state index in [2.05, 4.69) is 24.1 Å². The second kappa shape index (κ2) is 4.09. The van der Waals surface area contributed by atoms with Crippen LogP contribution in [-0.4, -0.2) is 23.5 Å². The van der Waals surface area contributed by atoms with E-state index >= 15 is 0 Å². The summed E-state index contributed by atoms with van der Waals surface area (Å²) in [7, 11) is 4.00. The van der Waals surface area contributed by atoms with Crippen molar-refractivity contribution >= 4 is 0 Å². The number of hydrogen-bond acceptors (Lipinski definition) is 2. The van der Waals surface area contributed by atoms with Gasteiger partial charge in [-0.1, -0.05) is 18.1 Å². The number of aryl methyl sites for hydroxylation is 1. The lowest BCUT2D eigenvalue weighted by atomic mass is 10.3. The Morgan fingerprint density at radius 3 is 2.83 bits per heavy atom. The third kappa shape index (κ3) is 1.96. The van der Waals surface area contributed by atoms with E-state index < -0.39 is 0 Å². The van der Waals surface area contributed by atoms with Crippen molar-refractivity contribution in [2.24, 2.45) is 7.05 Å². The number of hydrogen-bond donors (Lipinski definition) is 0. The molecule has 0 aliphatic rings.